The van der Waals surface area contributed by atoms with Crippen molar-refractivity contribution in [2.24, 2.45) is 17.3 Å². The molecule has 1 aliphatic rings. The van der Waals surface area contributed by atoms with E-state index < -0.39 is 0 Å². The smallest absolute Gasteiger partial charge is 0.309 e. The average molecular weight is 182 g/mol. The summed E-state index contributed by atoms with van der Waals surface area (Å²) in [5, 5.41) is 0. The van der Waals surface area contributed by atoms with Gasteiger partial charge in [-0.15, -0.1) is 0 Å². The van der Waals surface area contributed by atoms with Crippen LogP contribution in [0.4, 0.5) is 0 Å². The Morgan fingerprint density at radius 3 is 2.54 bits per heavy atom. The van der Waals surface area contributed by atoms with Crippen molar-refractivity contribution >= 4 is 12.3 Å². The van der Waals surface area contributed by atoms with Gasteiger partial charge < -0.3 is 4.74 Å². The Bertz CT molecular complexity index is 253. The number of esters is 1. The van der Waals surface area contributed by atoms with Crippen LogP contribution in [-0.4, -0.2) is 19.4 Å². The van der Waals surface area contributed by atoms with E-state index in [4.69, 9.17) is 0 Å². The van der Waals surface area contributed by atoms with Crippen molar-refractivity contribution < 1.29 is 14.3 Å². The quantitative estimate of drug-likeness (QED) is 0.374. The van der Waals surface area contributed by atoms with Crippen LogP contribution in [0.2, 0.25) is 0 Å². The molecule has 0 spiro atoms. The van der Waals surface area contributed by atoms with Crippen LogP contribution < -0.4 is 0 Å². The zero-order chi connectivity index (χ0) is 10.1. The molecule has 0 N–H and O–H groups in total. The predicted octanol–water partition coefficient (Wildman–Crippen LogP) is 1.19. The van der Waals surface area contributed by atoms with Crippen LogP contribution in [0, 0.1) is 17.3 Å². The van der Waals surface area contributed by atoms with Crippen molar-refractivity contribution in [3.05, 3.63) is 12.2 Å². The van der Waals surface area contributed by atoms with Gasteiger partial charge in [0.05, 0.1) is 13.0 Å². The largest absolute Gasteiger partial charge is 0.469 e. The lowest BCUT2D eigenvalue weighted by Crippen LogP contribution is -2.07. The Hall–Kier alpha value is -1.12. The Balaban J connectivity index is 2.65. The molecule has 0 unspecified atom stereocenters. The first-order valence-electron chi connectivity index (χ1n) is 4.25. The van der Waals surface area contributed by atoms with Gasteiger partial charge in [-0.05, 0) is 17.4 Å². The molecule has 0 bridgehead atoms. The lowest BCUT2D eigenvalue weighted by molar-refractivity contribution is -0.143. The molecule has 1 rings (SSSR count). The normalized spacial score (nSPS) is 30.1. The minimum atomic E-state index is -0.189. The van der Waals surface area contributed by atoms with E-state index in [0.717, 1.165) is 6.29 Å². The summed E-state index contributed by atoms with van der Waals surface area (Å²) in [7, 11) is 1.39. The predicted molar refractivity (Wildman–Crippen MR) is 48.0 cm³/mol. The summed E-state index contributed by atoms with van der Waals surface area (Å²) in [5.74, 6) is -0.135. The fraction of sp³-hybridized carbons (Fsp3) is 0.600. The number of rotatable bonds is 3. The second kappa shape index (κ2) is 3.32. The number of carbonyl (C=O) groups is 2. The highest BCUT2D eigenvalue weighted by Crippen LogP contribution is 2.59. The molecule has 1 saturated carbocycles. The third-order valence-corrected chi connectivity index (χ3v) is 2.76. The highest BCUT2D eigenvalue weighted by atomic mass is 16.5. The van der Waals surface area contributed by atoms with Crippen LogP contribution in [0.15, 0.2) is 12.2 Å². The monoisotopic (exact) mass is 182 g/mol. The van der Waals surface area contributed by atoms with E-state index in [9.17, 15) is 9.59 Å². The number of hydrogen-bond acceptors (Lipinski definition) is 3. The van der Waals surface area contributed by atoms with Crippen LogP contribution >= 0.6 is 0 Å². The van der Waals surface area contributed by atoms with E-state index in [1.54, 1.807) is 6.08 Å². The first-order valence-corrected chi connectivity index (χ1v) is 4.25. The van der Waals surface area contributed by atoms with Gasteiger partial charge in [0, 0.05) is 0 Å². The third kappa shape index (κ3) is 1.64. The van der Waals surface area contributed by atoms with Crippen LogP contribution in [0.1, 0.15) is 13.8 Å². The van der Waals surface area contributed by atoms with E-state index in [2.05, 4.69) is 4.74 Å². The molecule has 0 aromatic carbocycles. The summed E-state index contributed by atoms with van der Waals surface area (Å²) in [6.07, 6.45) is 3.94. The zero-order valence-electron chi connectivity index (χ0n) is 8.11. The molecular weight excluding hydrogens is 168 g/mol. The number of hydrogen-bond donors (Lipinski definition) is 0. The van der Waals surface area contributed by atoms with Gasteiger partial charge in [0.15, 0.2) is 0 Å². The summed E-state index contributed by atoms with van der Waals surface area (Å²) >= 11 is 0. The van der Waals surface area contributed by atoms with Gasteiger partial charge >= 0.3 is 5.97 Å². The maximum absolute atomic E-state index is 11.2. The van der Waals surface area contributed by atoms with Crippen molar-refractivity contribution in [2.45, 2.75) is 13.8 Å². The first kappa shape index (κ1) is 9.96. The zero-order valence-corrected chi connectivity index (χ0v) is 8.11. The van der Waals surface area contributed by atoms with Gasteiger partial charge in [0.2, 0.25) is 0 Å². The summed E-state index contributed by atoms with van der Waals surface area (Å²) in [6, 6.07) is 0. The molecule has 13 heavy (non-hydrogen) atoms. The number of methoxy groups -OCH3 is 1. The Morgan fingerprint density at radius 2 is 2.08 bits per heavy atom. The van der Waals surface area contributed by atoms with E-state index in [0.29, 0.717) is 0 Å². The second-order valence-corrected chi connectivity index (χ2v) is 3.87. The molecule has 0 aromatic heterocycles. The highest BCUT2D eigenvalue weighted by molar-refractivity contribution is 5.78. The Kier molecular flexibility index (Phi) is 2.55. The second-order valence-electron chi connectivity index (χ2n) is 3.87. The van der Waals surface area contributed by atoms with Crippen molar-refractivity contribution in [1.29, 1.82) is 0 Å². The summed E-state index contributed by atoms with van der Waals surface area (Å²) in [4.78, 5) is 21.3. The van der Waals surface area contributed by atoms with E-state index in [-0.39, 0.29) is 23.2 Å². The van der Waals surface area contributed by atoms with Gasteiger partial charge in [0.1, 0.15) is 6.29 Å². The van der Waals surface area contributed by atoms with Crippen molar-refractivity contribution in [3.63, 3.8) is 0 Å². The molecule has 0 amide bonds. The molecule has 3 heteroatoms. The van der Waals surface area contributed by atoms with Crippen molar-refractivity contribution in [2.75, 3.05) is 7.11 Å². The first-order chi connectivity index (χ1) is 6.05. The highest BCUT2D eigenvalue weighted by Gasteiger charge is 2.61. The summed E-state index contributed by atoms with van der Waals surface area (Å²) < 4.78 is 4.66. The van der Waals surface area contributed by atoms with Crippen molar-refractivity contribution in [3.8, 4) is 0 Å². The number of allylic oxidation sites excluding steroid dienone is 2. The summed E-state index contributed by atoms with van der Waals surface area (Å²) in [6.45, 7) is 3.99. The van der Waals surface area contributed by atoms with Crippen LogP contribution in [0.5, 0.6) is 0 Å². The molecule has 0 saturated heterocycles. The maximum atomic E-state index is 11.2. The molecule has 1 fully saturated rings. The molecule has 3 nitrogen and oxygen atoms in total. The molecule has 1 aliphatic carbocycles. The molecular formula is C10H14O3. The van der Waals surface area contributed by atoms with E-state index in [1.165, 1.54) is 13.2 Å². The number of carbonyl (C=O) groups excluding carboxylic acids is 2. The van der Waals surface area contributed by atoms with E-state index in [1.807, 2.05) is 13.8 Å². The SMILES string of the molecule is COC(=O)[C@@H]1[C@@H](C=CC=O)C1(C)C. The minimum absolute atomic E-state index is 0.0629. The summed E-state index contributed by atoms with van der Waals surface area (Å²) in [5.41, 5.74) is -0.0629. The van der Waals surface area contributed by atoms with Gasteiger partial charge in [0.25, 0.3) is 0 Å². The molecule has 0 heterocycles. The lowest BCUT2D eigenvalue weighted by atomic mass is 10.1. The van der Waals surface area contributed by atoms with Crippen LogP contribution in [-0.2, 0) is 14.3 Å². The standard InChI is InChI=1S/C10H14O3/c1-10(2)7(5-4-6-11)8(10)9(12)13-3/h4-8H,1-3H3/t7-,8+/m1/s1. The van der Waals surface area contributed by atoms with Crippen molar-refractivity contribution in [1.82, 2.24) is 0 Å². The lowest BCUT2D eigenvalue weighted by Gasteiger charge is -1.98. The van der Waals surface area contributed by atoms with Gasteiger partial charge in [-0.3, -0.25) is 9.59 Å². The Morgan fingerprint density at radius 1 is 1.46 bits per heavy atom. The molecule has 0 aromatic rings. The molecule has 0 radical (unpaired) electrons. The molecule has 72 valence electrons. The maximum Gasteiger partial charge on any atom is 0.309 e. The van der Waals surface area contributed by atoms with E-state index >= 15 is 0 Å². The minimum Gasteiger partial charge on any atom is -0.469 e. The topological polar surface area (TPSA) is 43.4 Å². The average Bonchev–Trinajstić information content (AvgIpc) is 2.63. The third-order valence-electron chi connectivity index (χ3n) is 2.76. The van der Waals surface area contributed by atoms with Crippen LogP contribution in [0.25, 0.3) is 0 Å². The fourth-order valence-corrected chi connectivity index (χ4v) is 1.78. The van der Waals surface area contributed by atoms with Gasteiger partial charge in [-0.25, -0.2) is 0 Å². The number of aldehydes is 1. The van der Waals surface area contributed by atoms with Crippen LogP contribution in [0.3, 0.4) is 0 Å². The van der Waals surface area contributed by atoms with Gasteiger partial charge in [-0.1, -0.05) is 19.9 Å². The number of ether oxygens (including phenoxy) is 1. The molecule has 0 aliphatic heterocycles. The fourth-order valence-electron chi connectivity index (χ4n) is 1.78. The Labute approximate surface area is 77.8 Å². The molecule has 2 atom stereocenters. The van der Waals surface area contributed by atoms with Gasteiger partial charge in [-0.2, -0.15) is 0 Å².